The van der Waals surface area contributed by atoms with Crippen molar-refractivity contribution >= 4 is 16.5 Å². The van der Waals surface area contributed by atoms with Gasteiger partial charge >= 0.3 is 0 Å². The van der Waals surface area contributed by atoms with Crippen LogP contribution in [0.1, 0.15) is 25.1 Å². The highest BCUT2D eigenvalue weighted by Gasteiger charge is 2.30. The molecule has 1 atom stereocenters. The van der Waals surface area contributed by atoms with Gasteiger partial charge in [-0.1, -0.05) is 13.8 Å². The maximum atomic E-state index is 5.60. The molecule has 1 saturated heterocycles. The third-order valence-electron chi connectivity index (χ3n) is 2.88. The zero-order chi connectivity index (χ0) is 10.1. The van der Waals surface area contributed by atoms with Crippen molar-refractivity contribution in [3.63, 3.8) is 0 Å². The Kier molecular flexibility index (Phi) is 2.74. The van der Waals surface area contributed by atoms with Gasteiger partial charge in [0.25, 0.3) is 0 Å². The van der Waals surface area contributed by atoms with Gasteiger partial charge in [-0.25, -0.2) is 4.98 Å². The zero-order valence-corrected chi connectivity index (χ0v) is 9.55. The van der Waals surface area contributed by atoms with E-state index in [1.54, 1.807) is 11.3 Å². The van der Waals surface area contributed by atoms with Crippen LogP contribution >= 0.6 is 11.3 Å². The maximum Gasteiger partial charge on any atom is 0.180 e. The molecule has 0 spiro atoms. The molecular weight excluding hydrogens is 194 g/mol. The Morgan fingerprint density at radius 2 is 2.50 bits per heavy atom. The number of nitrogens with two attached hydrogens (primary N) is 1. The van der Waals surface area contributed by atoms with E-state index in [9.17, 15) is 0 Å². The van der Waals surface area contributed by atoms with Gasteiger partial charge in [-0.05, 0) is 12.3 Å². The summed E-state index contributed by atoms with van der Waals surface area (Å²) in [5.74, 6) is 0.758. The second-order valence-corrected chi connectivity index (χ2v) is 5.38. The average molecular weight is 211 g/mol. The quantitative estimate of drug-likeness (QED) is 0.831. The lowest BCUT2D eigenvalue weighted by Crippen LogP contribution is -2.49. The van der Waals surface area contributed by atoms with Gasteiger partial charge in [0.2, 0.25) is 0 Å². The number of likely N-dealkylation sites (tertiary alicyclic amines) is 1. The lowest BCUT2D eigenvalue weighted by Gasteiger charge is -2.43. The van der Waals surface area contributed by atoms with Crippen molar-refractivity contribution in [2.75, 3.05) is 12.3 Å². The molecule has 1 aliphatic rings. The highest BCUT2D eigenvalue weighted by Crippen LogP contribution is 2.28. The Morgan fingerprint density at radius 3 is 2.93 bits per heavy atom. The molecule has 0 saturated carbocycles. The third kappa shape index (κ3) is 1.91. The molecule has 0 aliphatic carbocycles. The molecule has 3 nitrogen and oxygen atoms in total. The van der Waals surface area contributed by atoms with Crippen molar-refractivity contribution in [3.8, 4) is 0 Å². The van der Waals surface area contributed by atoms with Crippen molar-refractivity contribution in [2.24, 2.45) is 5.92 Å². The van der Waals surface area contributed by atoms with Gasteiger partial charge in [0.05, 0.1) is 0 Å². The van der Waals surface area contributed by atoms with Gasteiger partial charge in [-0.2, -0.15) is 0 Å². The minimum atomic E-state index is 0.682. The third-order valence-corrected chi connectivity index (χ3v) is 3.69. The monoisotopic (exact) mass is 211 g/mol. The summed E-state index contributed by atoms with van der Waals surface area (Å²) in [6.45, 7) is 6.83. The molecule has 14 heavy (non-hydrogen) atoms. The number of hydrogen-bond donors (Lipinski definition) is 1. The lowest BCUT2D eigenvalue weighted by molar-refractivity contribution is 0.0492. The van der Waals surface area contributed by atoms with E-state index in [1.807, 2.05) is 6.20 Å². The van der Waals surface area contributed by atoms with Gasteiger partial charge < -0.3 is 5.73 Å². The summed E-state index contributed by atoms with van der Waals surface area (Å²) in [4.78, 5) is 7.86. The molecule has 1 unspecified atom stereocenters. The summed E-state index contributed by atoms with van der Waals surface area (Å²) in [7, 11) is 0. The zero-order valence-electron chi connectivity index (χ0n) is 8.73. The van der Waals surface area contributed by atoms with E-state index in [0.29, 0.717) is 5.13 Å². The topological polar surface area (TPSA) is 42.2 Å². The summed E-state index contributed by atoms with van der Waals surface area (Å²) in [6.07, 6.45) is 3.24. The molecule has 0 bridgehead atoms. The van der Waals surface area contributed by atoms with E-state index in [2.05, 4.69) is 23.7 Å². The molecule has 0 aromatic carbocycles. The molecule has 0 amide bonds. The standard InChI is InChI=1S/C10H17N3S/c1-7(2)9-3-4-13(9)6-8-5-12-10(11)14-8/h5,7,9H,3-4,6H2,1-2H3,(H2,11,12). The SMILES string of the molecule is CC(C)C1CCN1Cc1cnc(N)s1. The van der Waals surface area contributed by atoms with Gasteiger partial charge in [0.1, 0.15) is 0 Å². The summed E-state index contributed by atoms with van der Waals surface area (Å²) in [5, 5.41) is 0.682. The van der Waals surface area contributed by atoms with E-state index < -0.39 is 0 Å². The second-order valence-electron chi connectivity index (χ2n) is 4.24. The molecule has 1 aliphatic heterocycles. The Bertz CT molecular complexity index is 308. The van der Waals surface area contributed by atoms with Crippen molar-refractivity contribution in [1.82, 2.24) is 9.88 Å². The first-order valence-electron chi connectivity index (χ1n) is 5.11. The van der Waals surface area contributed by atoms with Crippen LogP contribution in [0.25, 0.3) is 0 Å². The molecule has 1 aromatic rings. The van der Waals surface area contributed by atoms with Crippen LogP contribution in [0.2, 0.25) is 0 Å². The average Bonchev–Trinajstić information content (AvgIpc) is 2.44. The van der Waals surface area contributed by atoms with Crippen LogP contribution in [0.5, 0.6) is 0 Å². The number of nitrogen functional groups attached to an aromatic ring is 1. The van der Waals surface area contributed by atoms with Crippen LogP contribution < -0.4 is 5.73 Å². The highest BCUT2D eigenvalue weighted by atomic mass is 32.1. The van der Waals surface area contributed by atoms with Crippen LogP contribution in [0, 0.1) is 5.92 Å². The van der Waals surface area contributed by atoms with Crippen LogP contribution in [-0.4, -0.2) is 22.5 Å². The fourth-order valence-corrected chi connectivity index (χ4v) is 2.72. The summed E-state index contributed by atoms with van der Waals surface area (Å²) in [6, 6.07) is 0.762. The summed E-state index contributed by atoms with van der Waals surface area (Å²) >= 11 is 1.60. The molecule has 1 fully saturated rings. The van der Waals surface area contributed by atoms with Gasteiger partial charge in [0.15, 0.2) is 5.13 Å². The second kappa shape index (κ2) is 3.87. The first-order valence-corrected chi connectivity index (χ1v) is 5.92. The lowest BCUT2D eigenvalue weighted by atomic mass is 9.92. The van der Waals surface area contributed by atoms with Crippen molar-refractivity contribution in [2.45, 2.75) is 32.9 Å². The minimum Gasteiger partial charge on any atom is -0.375 e. The Hall–Kier alpha value is -0.610. The first kappa shape index (κ1) is 9.93. The highest BCUT2D eigenvalue weighted by molar-refractivity contribution is 7.15. The predicted molar refractivity (Wildman–Crippen MR) is 60.2 cm³/mol. The van der Waals surface area contributed by atoms with E-state index in [-0.39, 0.29) is 0 Å². The largest absolute Gasteiger partial charge is 0.375 e. The predicted octanol–water partition coefficient (Wildman–Crippen LogP) is 1.96. The molecule has 2 N–H and O–H groups in total. The number of aromatic nitrogens is 1. The van der Waals surface area contributed by atoms with E-state index >= 15 is 0 Å². The normalized spacial score (nSPS) is 22.6. The summed E-state index contributed by atoms with van der Waals surface area (Å²) < 4.78 is 0. The van der Waals surface area contributed by atoms with Crippen LogP contribution in [0.15, 0.2) is 6.20 Å². The minimum absolute atomic E-state index is 0.682. The van der Waals surface area contributed by atoms with Crippen LogP contribution in [0.4, 0.5) is 5.13 Å². The molecule has 2 rings (SSSR count). The fourth-order valence-electron chi connectivity index (χ4n) is 2.01. The van der Waals surface area contributed by atoms with Crippen LogP contribution in [-0.2, 0) is 6.54 Å². The number of hydrogen-bond acceptors (Lipinski definition) is 4. The van der Waals surface area contributed by atoms with E-state index in [0.717, 1.165) is 18.5 Å². The van der Waals surface area contributed by atoms with Gasteiger partial charge in [-0.3, -0.25) is 4.90 Å². The molecule has 78 valence electrons. The van der Waals surface area contributed by atoms with Gasteiger partial charge in [0, 0.05) is 30.2 Å². The summed E-state index contributed by atoms with van der Waals surface area (Å²) in [5.41, 5.74) is 5.60. The number of anilines is 1. The van der Waals surface area contributed by atoms with Gasteiger partial charge in [-0.15, -0.1) is 11.3 Å². The smallest absolute Gasteiger partial charge is 0.180 e. The maximum absolute atomic E-state index is 5.60. The fraction of sp³-hybridized carbons (Fsp3) is 0.700. The number of thiazole rings is 1. The van der Waals surface area contributed by atoms with Crippen molar-refractivity contribution in [1.29, 1.82) is 0 Å². The molecule has 1 aromatic heterocycles. The molecule has 0 radical (unpaired) electrons. The van der Waals surface area contributed by atoms with Crippen molar-refractivity contribution in [3.05, 3.63) is 11.1 Å². The number of nitrogens with zero attached hydrogens (tertiary/aromatic N) is 2. The Balaban J connectivity index is 1.92. The van der Waals surface area contributed by atoms with Crippen LogP contribution in [0.3, 0.4) is 0 Å². The Labute approximate surface area is 88.9 Å². The molecule has 4 heteroatoms. The first-order chi connectivity index (χ1) is 6.66. The number of rotatable bonds is 3. The molecular formula is C10H17N3S. The van der Waals surface area contributed by atoms with E-state index in [4.69, 9.17) is 5.73 Å². The van der Waals surface area contributed by atoms with E-state index in [1.165, 1.54) is 17.8 Å². The molecule has 2 heterocycles. The van der Waals surface area contributed by atoms with Crippen molar-refractivity contribution < 1.29 is 0 Å². The Morgan fingerprint density at radius 1 is 1.71 bits per heavy atom.